The first-order valence-electron chi connectivity index (χ1n) is 9.29. The quantitative estimate of drug-likeness (QED) is 0.670. The van der Waals surface area contributed by atoms with Crippen molar-refractivity contribution in [1.82, 2.24) is 10.2 Å². The summed E-state index contributed by atoms with van der Waals surface area (Å²) < 4.78 is 0. The Hall–Kier alpha value is -2.27. The highest BCUT2D eigenvalue weighted by Crippen LogP contribution is 2.18. The highest BCUT2D eigenvalue weighted by Gasteiger charge is 2.26. The summed E-state index contributed by atoms with van der Waals surface area (Å²) in [6, 6.07) is 19.4. The lowest BCUT2D eigenvalue weighted by Gasteiger charge is -2.29. The van der Waals surface area contributed by atoms with Gasteiger partial charge in [0.25, 0.3) is 0 Å². The maximum Gasteiger partial charge on any atom is 0.242 e. The second kappa shape index (κ2) is 10.8. The third-order valence-corrected chi connectivity index (χ3v) is 5.18. The number of rotatable bonds is 9. The summed E-state index contributed by atoms with van der Waals surface area (Å²) in [6.07, 6.45) is 0.724. The summed E-state index contributed by atoms with van der Waals surface area (Å²) in [5, 5.41) is 2.91. The molecule has 0 fully saturated rings. The van der Waals surface area contributed by atoms with Gasteiger partial charge >= 0.3 is 0 Å². The van der Waals surface area contributed by atoms with Crippen molar-refractivity contribution in [1.29, 1.82) is 0 Å². The number of carbonyl (C=O) groups excluding carboxylic acids is 2. The van der Waals surface area contributed by atoms with E-state index in [0.717, 1.165) is 16.9 Å². The van der Waals surface area contributed by atoms with Crippen LogP contribution in [0.15, 0.2) is 65.6 Å². The number of hydrogen-bond donors (Lipinski definition) is 1. The second-order valence-corrected chi connectivity index (χ2v) is 7.81. The SMILES string of the molecule is CC(C)NC(=O)[C@@H](C)N(CCc1ccccc1)C(=O)CSc1ccccc1. The van der Waals surface area contributed by atoms with Crippen LogP contribution < -0.4 is 5.32 Å². The number of thioether (sulfide) groups is 1. The van der Waals surface area contributed by atoms with Crippen LogP contribution in [0.5, 0.6) is 0 Å². The van der Waals surface area contributed by atoms with E-state index in [4.69, 9.17) is 0 Å². The van der Waals surface area contributed by atoms with Crippen LogP contribution in [0.4, 0.5) is 0 Å². The Morgan fingerprint density at radius 3 is 2.15 bits per heavy atom. The van der Waals surface area contributed by atoms with Gasteiger partial charge in [-0.2, -0.15) is 0 Å². The molecular formula is C22H28N2O2S. The number of carbonyl (C=O) groups is 2. The van der Waals surface area contributed by atoms with Gasteiger partial charge in [-0.05, 0) is 44.9 Å². The highest BCUT2D eigenvalue weighted by atomic mass is 32.2. The van der Waals surface area contributed by atoms with Crippen molar-refractivity contribution >= 4 is 23.6 Å². The molecule has 0 radical (unpaired) electrons. The van der Waals surface area contributed by atoms with E-state index in [1.807, 2.05) is 74.5 Å². The molecule has 0 bridgehead atoms. The highest BCUT2D eigenvalue weighted by molar-refractivity contribution is 8.00. The van der Waals surface area contributed by atoms with Gasteiger partial charge < -0.3 is 10.2 Å². The van der Waals surface area contributed by atoms with Crippen LogP contribution in [-0.2, 0) is 16.0 Å². The number of hydrogen-bond acceptors (Lipinski definition) is 3. The zero-order valence-corrected chi connectivity index (χ0v) is 17.0. The largest absolute Gasteiger partial charge is 0.352 e. The predicted molar refractivity (Wildman–Crippen MR) is 112 cm³/mol. The molecule has 0 saturated carbocycles. The molecule has 144 valence electrons. The van der Waals surface area contributed by atoms with Gasteiger partial charge in [-0.15, -0.1) is 11.8 Å². The average molecular weight is 385 g/mol. The molecule has 0 aliphatic carbocycles. The fourth-order valence-electron chi connectivity index (χ4n) is 2.72. The Bertz CT molecular complexity index is 720. The standard InChI is InChI=1S/C22H28N2O2S/c1-17(2)23-22(26)18(3)24(15-14-19-10-6-4-7-11-19)21(25)16-27-20-12-8-5-9-13-20/h4-13,17-18H,14-16H2,1-3H3,(H,23,26)/t18-/m1/s1. The van der Waals surface area contributed by atoms with Gasteiger partial charge in [-0.25, -0.2) is 0 Å². The van der Waals surface area contributed by atoms with E-state index in [1.54, 1.807) is 11.8 Å². The van der Waals surface area contributed by atoms with Crippen molar-refractivity contribution in [3.05, 3.63) is 66.2 Å². The average Bonchev–Trinajstić information content (AvgIpc) is 2.67. The molecule has 5 heteroatoms. The fraction of sp³-hybridized carbons (Fsp3) is 0.364. The molecular weight excluding hydrogens is 356 g/mol. The lowest BCUT2D eigenvalue weighted by atomic mass is 10.1. The summed E-state index contributed by atoms with van der Waals surface area (Å²) in [4.78, 5) is 28.1. The molecule has 4 nitrogen and oxygen atoms in total. The van der Waals surface area contributed by atoms with Crippen molar-refractivity contribution < 1.29 is 9.59 Å². The number of nitrogens with zero attached hydrogens (tertiary/aromatic N) is 1. The first-order valence-corrected chi connectivity index (χ1v) is 10.3. The maximum absolute atomic E-state index is 12.9. The maximum atomic E-state index is 12.9. The van der Waals surface area contributed by atoms with E-state index in [-0.39, 0.29) is 17.9 Å². The molecule has 0 unspecified atom stereocenters. The van der Waals surface area contributed by atoms with Gasteiger partial charge in [0.2, 0.25) is 11.8 Å². The monoisotopic (exact) mass is 384 g/mol. The van der Waals surface area contributed by atoms with Crippen LogP contribution >= 0.6 is 11.8 Å². The minimum absolute atomic E-state index is 0.0220. The van der Waals surface area contributed by atoms with Crippen molar-refractivity contribution in [2.45, 2.75) is 44.2 Å². The lowest BCUT2D eigenvalue weighted by Crippen LogP contribution is -2.50. The molecule has 2 aromatic rings. The lowest BCUT2D eigenvalue weighted by molar-refractivity contribution is -0.138. The van der Waals surface area contributed by atoms with Crippen molar-refractivity contribution in [3.63, 3.8) is 0 Å². The van der Waals surface area contributed by atoms with Crippen molar-refractivity contribution in [2.75, 3.05) is 12.3 Å². The molecule has 1 N–H and O–H groups in total. The molecule has 27 heavy (non-hydrogen) atoms. The Labute approximate surface area is 166 Å². The van der Waals surface area contributed by atoms with Crippen LogP contribution in [0.3, 0.4) is 0 Å². The van der Waals surface area contributed by atoms with Gasteiger partial charge in [0.15, 0.2) is 0 Å². The molecule has 0 aliphatic rings. The zero-order chi connectivity index (χ0) is 19.6. The van der Waals surface area contributed by atoms with E-state index in [1.165, 1.54) is 11.8 Å². The topological polar surface area (TPSA) is 49.4 Å². The van der Waals surface area contributed by atoms with Crippen molar-refractivity contribution in [2.24, 2.45) is 0 Å². The van der Waals surface area contributed by atoms with E-state index in [0.29, 0.717) is 12.3 Å². The van der Waals surface area contributed by atoms with Crippen LogP contribution in [0.25, 0.3) is 0 Å². The van der Waals surface area contributed by atoms with Gasteiger partial charge in [-0.1, -0.05) is 48.5 Å². The molecule has 2 amide bonds. The predicted octanol–water partition coefficient (Wildman–Crippen LogP) is 3.76. The van der Waals surface area contributed by atoms with E-state index < -0.39 is 6.04 Å². The first kappa shape index (κ1) is 21.0. The summed E-state index contributed by atoms with van der Waals surface area (Å²) in [5.74, 6) is 0.181. The number of amides is 2. The van der Waals surface area contributed by atoms with Crippen LogP contribution in [0, 0.1) is 0 Å². The van der Waals surface area contributed by atoms with Gasteiger partial charge in [0.05, 0.1) is 5.75 Å². The Morgan fingerprint density at radius 1 is 0.963 bits per heavy atom. The molecule has 2 aromatic carbocycles. The molecule has 2 rings (SSSR count). The Kier molecular flexibility index (Phi) is 8.40. The fourth-order valence-corrected chi connectivity index (χ4v) is 3.53. The molecule has 0 aliphatic heterocycles. The van der Waals surface area contributed by atoms with E-state index in [9.17, 15) is 9.59 Å². The number of benzene rings is 2. The smallest absolute Gasteiger partial charge is 0.242 e. The minimum atomic E-state index is -0.500. The van der Waals surface area contributed by atoms with Gasteiger partial charge in [0.1, 0.15) is 6.04 Å². The molecule has 0 spiro atoms. The van der Waals surface area contributed by atoms with E-state index >= 15 is 0 Å². The third kappa shape index (κ3) is 7.10. The summed E-state index contributed by atoms with van der Waals surface area (Å²) in [6.45, 7) is 6.16. The normalized spacial score (nSPS) is 11.9. The Morgan fingerprint density at radius 2 is 1.56 bits per heavy atom. The molecule has 1 atom stereocenters. The molecule has 0 heterocycles. The van der Waals surface area contributed by atoms with Crippen LogP contribution in [0.2, 0.25) is 0 Å². The van der Waals surface area contributed by atoms with Gasteiger partial charge in [0, 0.05) is 17.5 Å². The minimum Gasteiger partial charge on any atom is -0.352 e. The zero-order valence-electron chi connectivity index (χ0n) is 16.2. The van der Waals surface area contributed by atoms with Gasteiger partial charge in [-0.3, -0.25) is 9.59 Å². The summed E-state index contributed by atoms with van der Waals surface area (Å²) in [7, 11) is 0. The number of nitrogens with one attached hydrogen (secondary N) is 1. The second-order valence-electron chi connectivity index (χ2n) is 6.76. The van der Waals surface area contributed by atoms with Crippen LogP contribution in [-0.4, -0.2) is 41.1 Å². The molecule has 0 aromatic heterocycles. The summed E-state index contributed by atoms with van der Waals surface area (Å²) >= 11 is 1.50. The molecule has 0 saturated heterocycles. The first-order chi connectivity index (χ1) is 13.0. The Balaban J connectivity index is 2.04. The third-order valence-electron chi connectivity index (χ3n) is 4.19. The van der Waals surface area contributed by atoms with E-state index in [2.05, 4.69) is 5.32 Å². The summed E-state index contributed by atoms with van der Waals surface area (Å²) in [5.41, 5.74) is 1.16. The van der Waals surface area contributed by atoms with Crippen molar-refractivity contribution in [3.8, 4) is 0 Å². The van der Waals surface area contributed by atoms with Crippen LogP contribution in [0.1, 0.15) is 26.3 Å².